The minimum Gasteiger partial charge on any atom is -0.323 e. The number of fused-ring (bicyclic) bond motifs is 4. The molecule has 7 heteroatoms. The molecule has 0 aromatic carbocycles. The van der Waals surface area contributed by atoms with Gasteiger partial charge in [-0.3, -0.25) is 9.78 Å². The molecule has 2 atom stereocenters. The number of pyridine rings is 2. The molecule has 1 fully saturated rings. The molecule has 0 spiro atoms. The number of hydrogen-bond donors (Lipinski definition) is 0. The third-order valence-corrected chi connectivity index (χ3v) is 5.73. The molecule has 0 amide bonds. The second kappa shape index (κ2) is 6.58. The van der Waals surface area contributed by atoms with Crippen LogP contribution in [-0.4, -0.2) is 32.8 Å². The lowest BCUT2D eigenvalue weighted by Gasteiger charge is -2.42. The van der Waals surface area contributed by atoms with Crippen molar-refractivity contribution < 1.29 is 4.52 Å². The molecule has 1 saturated heterocycles. The summed E-state index contributed by atoms with van der Waals surface area (Å²) in [5.74, 6) is 1.64. The van der Waals surface area contributed by atoms with Crippen molar-refractivity contribution in [2.24, 2.45) is 5.92 Å². The summed E-state index contributed by atoms with van der Waals surface area (Å²) in [5.41, 5.74) is 2.85. The Bertz CT molecular complexity index is 1060. The van der Waals surface area contributed by atoms with Crippen LogP contribution in [0.4, 0.5) is 6.01 Å². The van der Waals surface area contributed by atoms with Gasteiger partial charge in [0.05, 0.1) is 5.69 Å². The highest BCUT2D eigenvalue weighted by atomic mass is 16.5. The Balaban J connectivity index is 1.50. The summed E-state index contributed by atoms with van der Waals surface area (Å²) >= 11 is 0. The predicted octanol–water partition coefficient (Wildman–Crippen LogP) is 3.04. The Labute approximate surface area is 163 Å². The number of aromatic nitrogens is 4. The van der Waals surface area contributed by atoms with E-state index in [1.807, 2.05) is 22.8 Å². The Kier molecular flexibility index (Phi) is 4.03. The average molecular weight is 377 g/mol. The van der Waals surface area contributed by atoms with E-state index in [4.69, 9.17) is 4.52 Å². The maximum Gasteiger partial charge on any atom is 0.324 e. The molecule has 144 valence electrons. The van der Waals surface area contributed by atoms with Crippen LogP contribution in [0.2, 0.25) is 0 Å². The van der Waals surface area contributed by atoms with E-state index in [1.54, 1.807) is 12.3 Å². The van der Waals surface area contributed by atoms with Crippen LogP contribution in [0.3, 0.4) is 0 Å². The fraction of sp³-hybridized carbons (Fsp3) is 0.429. The van der Waals surface area contributed by atoms with Crippen LogP contribution in [0.5, 0.6) is 0 Å². The molecule has 2 aliphatic rings. The van der Waals surface area contributed by atoms with Crippen LogP contribution in [0, 0.1) is 5.92 Å². The molecular formula is C21H23N5O2. The lowest BCUT2D eigenvalue weighted by atomic mass is 9.82. The van der Waals surface area contributed by atoms with Gasteiger partial charge >= 0.3 is 6.01 Å². The highest BCUT2D eigenvalue weighted by Crippen LogP contribution is 2.37. The van der Waals surface area contributed by atoms with Gasteiger partial charge in [0.25, 0.3) is 5.56 Å². The Hall–Kier alpha value is -2.96. The van der Waals surface area contributed by atoms with Crippen molar-refractivity contribution in [2.75, 3.05) is 18.0 Å². The van der Waals surface area contributed by atoms with Crippen LogP contribution in [-0.2, 0) is 6.54 Å². The van der Waals surface area contributed by atoms with E-state index in [0.717, 1.165) is 48.8 Å². The van der Waals surface area contributed by atoms with E-state index in [9.17, 15) is 4.79 Å². The summed E-state index contributed by atoms with van der Waals surface area (Å²) < 4.78 is 7.46. The van der Waals surface area contributed by atoms with E-state index >= 15 is 0 Å². The average Bonchev–Trinajstić information content (AvgIpc) is 3.20. The van der Waals surface area contributed by atoms with Gasteiger partial charge in [-0.15, -0.1) is 0 Å². The third kappa shape index (κ3) is 2.91. The van der Waals surface area contributed by atoms with Gasteiger partial charge in [-0.2, -0.15) is 4.98 Å². The highest BCUT2D eigenvalue weighted by Gasteiger charge is 2.36. The van der Waals surface area contributed by atoms with Crippen LogP contribution in [0.15, 0.2) is 45.8 Å². The minimum absolute atomic E-state index is 0.0567. The molecule has 0 N–H and O–H groups in total. The van der Waals surface area contributed by atoms with Crippen LogP contribution in [0.25, 0.3) is 11.3 Å². The summed E-state index contributed by atoms with van der Waals surface area (Å²) in [4.78, 5) is 24.0. The molecule has 3 aromatic rings. The van der Waals surface area contributed by atoms with Gasteiger partial charge in [0, 0.05) is 55.0 Å². The van der Waals surface area contributed by atoms with Gasteiger partial charge in [-0.05, 0) is 30.5 Å². The Morgan fingerprint density at radius 1 is 1.18 bits per heavy atom. The predicted molar refractivity (Wildman–Crippen MR) is 105 cm³/mol. The molecule has 0 saturated carbocycles. The van der Waals surface area contributed by atoms with Crippen LogP contribution < -0.4 is 10.5 Å². The first kappa shape index (κ1) is 17.2. The molecule has 3 aromatic heterocycles. The van der Waals surface area contributed by atoms with E-state index in [0.29, 0.717) is 11.9 Å². The Morgan fingerprint density at radius 3 is 2.82 bits per heavy atom. The smallest absolute Gasteiger partial charge is 0.323 e. The molecule has 5 heterocycles. The van der Waals surface area contributed by atoms with E-state index in [-0.39, 0.29) is 17.4 Å². The Morgan fingerprint density at radius 2 is 2.07 bits per heavy atom. The molecule has 7 nitrogen and oxygen atoms in total. The first-order valence-electron chi connectivity index (χ1n) is 9.83. The van der Waals surface area contributed by atoms with E-state index in [2.05, 4.69) is 39.9 Å². The van der Waals surface area contributed by atoms with Crippen molar-refractivity contribution in [1.29, 1.82) is 0 Å². The van der Waals surface area contributed by atoms with Crippen molar-refractivity contribution in [3.05, 3.63) is 58.4 Å². The second-order valence-electron chi connectivity index (χ2n) is 8.13. The maximum atomic E-state index is 12.8. The molecule has 2 bridgehead atoms. The first-order valence-corrected chi connectivity index (χ1v) is 9.83. The lowest BCUT2D eigenvalue weighted by Crippen LogP contribution is -2.47. The third-order valence-electron chi connectivity index (χ3n) is 5.73. The summed E-state index contributed by atoms with van der Waals surface area (Å²) in [7, 11) is 0. The van der Waals surface area contributed by atoms with Crippen LogP contribution >= 0.6 is 0 Å². The van der Waals surface area contributed by atoms with Gasteiger partial charge in [0.2, 0.25) is 0 Å². The van der Waals surface area contributed by atoms with E-state index in [1.165, 1.54) is 0 Å². The monoisotopic (exact) mass is 377 g/mol. The normalized spacial score (nSPS) is 21.0. The van der Waals surface area contributed by atoms with Crippen LogP contribution in [0.1, 0.15) is 43.6 Å². The number of piperidine rings is 1. The lowest BCUT2D eigenvalue weighted by molar-refractivity contribution is 0.269. The topological polar surface area (TPSA) is 77.0 Å². The van der Waals surface area contributed by atoms with Crippen molar-refractivity contribution in [3.8, 4) is 11.3 Å². The number of hydrogen-bond acceptors (Lipinski definition) is 6. The summed E-state index contributed by atoms with van der Waals surface area (Å²) in [6, 6.07) is 10.2. The largest absolute Gasteiger partial charge is 0.324 e. The summed E-state index contributed by atoms with van der Waals surface area (Å²) in [6.07, 6.45) is 2.83. The van der Waals surface area contributed by atoms with Crippen molar-refractivity contribution in [2.45, 2.75) is 38.6 Å². The molecular weight excluding hydrogens is 354 g/mol. The molecule has 5 rings (SSSR count). The quantitative estimate of drug-likeness (QED) is 0.698. The van der Waals surface area contributed by atoms with Gasteiger partial charge in [0.15, 0.2) is 5.82 Å². The summed E-state index contributed by atoms with van der Waals surface area (Å²) in [6.45, 7) is 6.46. The summed E-state index contributed by atoms with van der Waals surface area (Å²) in [5, 5.41) is 4.11. The fourth-order valence-corrected chi connectivity index (χ4v) is 4.39. The van der Waals surface area contributed by atoms with Crippen molar-refractivity contribution in [3.63, 3.8) is 0 Å². The number of anilines is 1. The molecule has 2 aliphatic heterocycles. The first-order chi connectivity index (χ1) is 13.6. The molecule has 28 heavy (non-hydrogen) atoms. The molecule has 0 unspecified atom stereocenters. The van der Waals surface area contributed by atoms with Crippen molar-refractivity contribution in [1.82, 2.24) is 19.7 Å². The maximum absolute atomic E-state index is 12.8. The second-order valence-corrected chi connectivity index (χ2v) is 8.13. The fourth-order valence-electron chi connectivity index (χ4n) is 4.39. The minimum atomic E-state index is 0.0567. The zero-order chi connectivity index (χ0) is 19.3. The molecule has 0 aliphatic carbocycles. The zero-order valence-electron chi connectivity index (χ0n) is 16.1. The van der Waals surface area contributed by atoms with Gasteiger partial charge in [0.1, 0.15) is 0 Å². The molecule has 0 radical (unpaired) electrons. The van der Waals surface area contributed by atoms with E-state index < -0.39 is 0 Å². The zero-order valence-corrected chi connectivity index (χ0v) is 16.1. The highest BCUT2D eigenvalue weighted by molar-refractivity contribution is 5.59. The number of rotatable bonds is 3. The van der Waals surface area contributed by atoms with Gasteiger partial charge in [-0.1, -0.05) is 25.1 Å². The SMILES string of the molecule is CC(C)c1noc(N2C[C@@H]3C[C@H](C2)c2cc(-c4ccccn4)cc(=O)n2C3)n1. The van der Waals surface area contributed by atoms with Gasteiger partial charge < -0.3 is 14.0 Å². The van der Waals surface area contributed by atoms with Crippen molar-refractivity contribution >= 4 is 6.01 Å². The number of nitrogens with zero attached hydrogens (tertiary/aromatic N) is 5. The van der Waals surface area contributed by atoms with Gasteiger partial charge in [-0.25, -0.2) is 0 Å². The standard InChI is InChI=1S/C21H23N5O2/c1-13(2)20-23-21(28-24-20)25-10-14-7-16(12-25)18-8-15(9-19(27)26(18)11-14)17-5-3-4-6-22-17/h3-6,8-9,13-14,16H,7,10-12H2,1-2H3/t14-,16+/m0/s1.